The van der Waals surface area contributed by atoms with Gasteiger partial charge in [0.1, 0.15) is 17.8 Å². The van der Waals surface area contributed by atoms with Gasteiger partial charge >= 0.3 is 6.18 Å². The second-order valence-electron chi connectivity index (χ2n) is 6.29. The minimum Gasteiger partial charge on any atom is -0.364 e. The normalized spacial score (nSPS) is 17.2. The van der Waals surface area contributed by atoms with Crippen LogP contribution in [0.4, 0.5) is 19.0 Å². The van der Waals surface area contributed by atoms with Crippen molar-refractivity contribution in [2.24, 2.45) is 4.99 Å². The van der Waals surface area contributed by atoms with Gasteiger partial charge in [-0.2, -0.15) is 13.2 Å². The van der Waals surface area contributed by atoms with Crippen LogP contribution in [0.1, 0.15) is 24.6 Å². The van der Waals surface area contributed by atoms with Crippen molar-refractivity contribution in [3.63, 3.8) is 0 Å². The SMILES string of the molecule is CCNC(=NCc1ccon1)NC1CCN(c2ncc(C(F)(F)F)cc2Cl)C1.I. The molecule has 3 heterocycles. The van der Waals surface area contributed by atoms with Gasteiger partial charge < -0.3 is 20.1 Å². The van der Waals surface area contributed by atoms with E-state index in [9.17, 15) is 13.2 Å². The van der Waals surface area contributed by atoms with E-state index in [1.54, 1.807) is 6.07 Å². The summed E-state index contributed by atoms with van der Waals surface area (Å²) in [4.78, 5) is 10.3. The van der Waals surface area contributed by atoms with Gasteiger partial charge in [-0.15, -0.1) is 24.0 Å². The number of rotatable bonds is 5. The van der Waals surface area contributed by atoms with Gasteiger partial charge in [0.2, 0.25) is 0 Å². The van der Waals surface area contributed by atoms with E-state index in [1.165, 1.54) is 6.26 Å². The fourth-order valence-corrected chi connectivity index (χ4v) is 3.17. The Morgan fingerprint density at radius 3 is 2.86 bits per heavy atom. The van der Waals surface area contributed by atoms with Crippen LogP contribution in [0.25, 0.3) is 0 Å². The van der Waals surface area contributed by atoms with Crippen molar-refractivity contribution in [2.45, 2.75) is 32.1 Å². The third kappa shape index (κ3) is 6.36. The summed E-state index contributed by atoms with van der Waals surface area (Å²) in [6.45, 7) is 4.19. The summed E-state index contributed by atoms with van der Waals surface area (Å²) < 4.78 is 43.1. The molecular formula is C17H21ClF3IN6O. The number of alkyl halides is 3. The molecule has 1 aliphatic heterocycles. The molecule has 160 valence electrons. The second-order valence-corrected chi connectivity index (χ2v) is 6.70. The quantitative estimate of drug-likeness (QED) is 0.340. The number of aromatic nitrogens is 2. The minimum atomic E-state index is -4.47. The highest BCUT2D eigenvalue weighted by atomic mass is 127. The number of hydrogen-bond donors (Lipinski definition) is 2. The number of halogens is 5. The molecule has 1 unspecified atom stereocenters. The zero-order valence-electron chi connectivity index (χ0n) is 15.5. The average Bonchev–Trinajstić information content (AvgIpc) is 3.31. The fraction of sp³-hybridized carbons (Fsp3) is 0.471. The molecule has 12 heteroatoms. The Balaban J connectivity index is 0.00000300. The number of nitrogens with one attached hydrogen (secondary N) is 2. The maximum Gasteiger partial charge on any atom is 0.417 e. The smallest absolute Gasteiger partial charge is 0.364 e. The first-order chi connectivity index (χ1) is 13.4. The van der Waals surface area contributed by atoms with E-state index in [4.69, 9.17) is 16.1 Å². The van der Waals surface area contributed by atoms with Crippen molar-refractivity contribution < 1.29 is 17.7 Å². The largest absolute Gasteiger partial charge is 0.417 e. The third-order valence-corrected chi connectivity index (χ3v) is 4.49. The lowest BCUT2D eigenvalue weighted by atomic mass is 10.2. The summed E-state index contributed by atoms with van der Waals surface area (Å²) in [5.74, 6) is 0.979. The van der Waals surface area contributed by atoms with E-state index in [-0.39, 0.29) is 35.0 Å². The van der Waals surface area contributed by atoms with Gasteiger partial charge in [-0.25, -0.2) is 9.98 Å². The predicted molar refractivity (Wildman–Crippen MR) is 115 cm³/mol. The zero-order chi connectivity index (χ0) is 20.1. The molecule has 0 amide bonds. The molecule has 7 nitrogen and oxygen atoms in total. The van der Waals surface area contributed by atoms with E-state index in [1.807, 2.05) is 11.8 Å². The Morgan fingerprint density at radius 1 is 1.45 bits per heavy atom. The first-order valence-electron chi connectivity index (χ1n) is 8.78. The van der Waals surface area contributed by atoms with Gasteiger partial charge in [-0.1, -0.05) is 16.8 Å². The summed E-state index contributed by atoms with van der Waals surface area (Å²) in [6.07, 6.45) is -1.40. The highest BCUT2D eigenvalue weighted by molar-refractivity contribution is 14.0. The Labute approximate surface area is 188 Å². The van der Waals surface area contributed by atoms with Crippen LogP contribution in [0, 0.1) is 0 Å². The summed E-state index contributed by atoms with van der Waals surface area (Å²) in [6, 6.07) is 2.70. The lowest BCUT2D eigenvalue weighted by molar-refractivity contribution is -0.137. The summed E-state index contributed by atoms with van der Waals surface area (Å²) in [5, 5.41) is 10.3. The molecule has 29 heavy (non-hydrogen) atoms. The van der Waals surface area contributed by atoms with E-state index >= 15 is 0 Å². The lowest BCUT2D eigenvalue weighted by Crippen LogP contribution is -2.44. The second kappa shape index (κ2) is 10.3. The van der Waals surface area contributed by atoms with E-state index < -0.39 is 11.7 Å². The Morgan fingerprint density at radius 2 is 2.24 bits per heavy atom. The molecule has 0 radical (unpaired) electrons. The van der Waals surface area contributed by atoms with Crippen LogP contribution in [0.3, 0.4) is 0 Å². The summed E-state index contributed by atoms with van der Waals surface area (Å²) in [5.41, 5.74) is -0.143. The van der Waals surface area contributed by atoms with Gasteiger partial charge in [-0.05, 0) is 19.4 Å². The fourth-order valence-electron chi connectivity index (χ4n) is 2.88. The molecule has 2 N–H and O–H groups in total. The number of hydrogen-bond acceptors (Lipinski definition) is 5. The van der Waals surface area contributed by atoms with E-state index in [0.29, 0.717) is 43.7 Å². The summed E-state index contributed by atoms with van der Waals surface area (Å²) in [7, 11) is 0. The Hall–Kier alpha value is -1.76. The maximum absolute atomic E-state index is 12.8. The van der Waals surface area contributed by atoms with Crippen molar-refractivity contribution in [3.8, 4) is 0 Å². The zero-order valence-corrected chi connectivity index (χ0v) is 18.6. The van der Waals surface area contributed by atoms with Crippen molar-refractivity contribution in [2.75, 3.05) is 24.5 Å². The molecule has 2 aromatic heterocycles. The summed E-state index contributed by atoms with van der Waals surface area (Å²) >= 11 is 6.05. The maximum atomic E-state index is 12.8. The number of guanidine groups is 1. The van der Waals surface area contributed by atoms with Gasteiger partial charge in [0.25, 0.3) is 0 Å². The highest BCUT2D eigenvalue weighted by Crippen LogP contribution is 2.34. The molecule has 0 aromatic carbocycles. The van der Waals surface area contributed by atoms with Crippen LogP contribution < -0.4 is 15.5 Å². The molecule has 1 atom stereocenters. The Bertz CT molecular complexity index is 818. The molecule has 0 bridgehead atoms. The van der Waals surface area contributed by atoms with Crippen LogP contribution in [0.2, 0.25) is 5.02 Å². The molecule has 1 aliphatic rings. The average molecular weight is 545 g/mol. The number of nitrogens with zero attached hydrogens (tertiary/aromatic N) is 4. The lowest BCUT2D eigenvalue weighted by Gasteiger charge is -2.21. The van der Waals surface area contributed by atoms with Crippen molar-refractivity contribution in [1.82, 2.24) is 20.8 Å². The van der Waals surface area contributed by atoms with Gasteiger partial charge in [0.15, 0.2) is 5.96 Å². The van der Waals surface area contributed by atoms with Crippen LogP contribution in [-0.4, -0.2) is 41.8 Å². The van der Waals surface area contributed by atoms with E-state index in [0.717, 1.165) is 18.7 Å². The molecule has 2 aromatic rings. The van der Waals surface area contributed by atoms with Crippen LogP contribution >= 0.6 is 35.6 Å². The molecule has 0 spiro atoms. The topological polar surface area (TPSA) is 78.6 Å². The molecule has 3 rings (SSSR count). The van der Waals surface area contributed by atoms with Crippen LogP contribution in [0.5, 0.6) is 0 Å². The number of aliphatic imine (C=N–C) groups is 1. The molecular weight excluding hydrogens is 524 g/mol. The van der Waals surface area contributed by atoms with Crippen molar-refractivity contribution >= 4 is 47.4 Å². The minimum absolute atomic E-state index is 0. The monoisotopic (exact) mass is 544 g/mol. The first kappa shape index (κ1) is 23.5. The highest BCUT2D eigenvalue weighted by Gasteiger charge is 2.33. The van der Waals surface area contributed by atoms with Gasteiger partial charge in [-0.3, -0.25) is 0 Å². The third-order valence-electron chi connectivity index (χ3n) is 4.21. The number of pyridine rings is 1. The molecule has 1 saturated heterocycles. The van der Waals surface area contributed by atoms with Crippen LogP contribution in [0.15, 0.2) is 34.1 Å². The van der Waals surface area contributed by atoms with E-state index in [2.05, 4.69) is 25.8 Å². The number of anilines is 1. The van der Waals surface area contributed by atoms with Gasteiger partial charge in [0, 0.05) is 37.9 Å². The molecule has 0 saturated carbocycles. The predicted octanol–water partition coefficient (Wildman–Crippen LogP) is 3.69. The van der Waals surface area contributed by atoms with Gasteiger partial charge in [0.05, 0.1) is 17.1 Å². The molecule has 1 fully saturated rings. The first-order valence-corrected chi connectivity index (χ1v) is 9.16. The standard InChI is InChI=1S/C17H20ClF3N6O.HI/c1-2-22-16(24-9-12-4-6-28-26-12)25-13-3-5-27(10-13)15-14(18)7-11(8-23-15)17(19,20)21;/h4,6-8,13H,2-3,5,9-10H2,1H3,(H2,22,24,25);1H. The Kier molecular flexibility index (Phi) is 8.37. The van der Waals surface area contributed by atoms with Crippen molar-refractivity contribution in [1.29, 1.82) is 0 Å². The van der Waals surface area contributed by atoms with Crippen LogP contribution in [-0.2, 0) is 12.7 Å². The molecule has 0 aliphatic carbocycles. The van der Waals surface area contributed by atoms with Crippen molar-refractivity contribution in [3.05, 3.63) is 40.9 Å².